The van der Waals surface area contributed by atoms with Gasteiger partial charge in [-0.2, -0.15) is 4.98 Å². The summed E-state index contributed by atoms with van der Waals surface area (Å²) in [5.74, 6) is 1.56. The number of piperazine rings is 1. The van der Waals surface area contributed by atoms with E-state index in [1.165, 1.54) is 0 Å². The fraction of sp³-hybridized carbons (Fsp3) is 0.500. The van der Waals surface area contributed by atoms with Crippen molar-refractivity contribution in [3.8, 4) is 0 Å². The minimum Gasteiger partial charge on any atom is -0.368 e. The molecule has 2 amide bonds. The number of fused-ring (bicyclic) bond motifs is 1. The Bertz CT molecular complexity index is 965. The summed E-state index contributed by atoms with van der Waals surface area (Å²) in [5.41, 5.74) is 2.93. The summed E-state index contributed by atoms with van der Waals surface area (Å²) < 4.78 is 0. The molecule has 0 saturated carbocycles. The van der Waals surface area contributed by atoms with Crippen molar-refractivity contribution in [2.75, 3.05) is 41.3 Å². The molecule has 1 fully saturated rings. The zero-order valence-electron chi connectivity index (χ0n) is 19.2. The van der Waals surface area contributed by atoms with Crippen LogP contribution in [0.4, 0.5) is 23.1 Å². The zero-order valence-corrected chi connectivity index (χ0v) is 19.2. The van der Waals surface area contributed by atoms with Crippen LogP contribution in [0.15, 0.2) is 30.5 Å². The maximum Gasteiger partial charge on any atom is 0.233 e. The molecule has 0 atom stereocenters. The van der Waals surface area contributed by atoms with Gasteiger partial charge in [-0.25, -0.2) is 4.98 Å². The summed E-state index contributed by atoms with van der Waals surface area (Å²) in [5, 5.41) is 3.27. The van der Waals surface area contributed by atoms with Crippen LogP contribution in [0.25, 0.3) is 0 Å². The highest BCUT2D eigenvalue weighted by Gasteiger charge is 2.33. The minimum atomic E-state index is 0.102. The lowest BCUT2D eigenvalue weighted by Crippen LogP contribution is -2.48. The Balaban J connectivity index is 1.43. The summed E-state index contributed by atoms with van der Waals surface area (Å²) in [4.78, 5) is 39.6. The second-order valence-corrected chi connectivity index (χ2v) is 8.35. The molecule has 2 aliphatic heterocycles. The fourth-order valence-corrected chi connectivity index (χ4v) is 4.51. The van der Waals surface area contributed by atoms with Gasteiger partial charge in [0.1, 0.15) is 5.82 Å². The van der Waals surface area contributed by atoms with Crippen molar-refractivity contribution in [1.29, 1.82) is 0 Å². The zero-order chi connectivity index (χ0) is 22.7. The molecule has 1 N–H and O–H groups in total. The fourth-order valence-electron chi connectivity index (χ4n) is 4.51. The second-order valence-electron chi connectivity index (χ2n) is 8.35. The van der Waals surface area contributed by atoms with Crippen molar-refractivity contribution in [1.82, 2.24) is 14.9 Å². The molecule has 0 aliphatic carbocycles. The molecule has 2 aromatic rings. The van der Waals surface area contributed by atoms with Crippen LogP contribution in [0.3, 0.4) is 0 Å². The molecule has 1 aromatic heterocycles. The predicted molar refractivity (Wildman–Crippen MR) is 126 cm³/mol. The maximum atomic E-state index is 12.5. The number of amides is 2. The number of hydrogen-bond donors (Lipinski definition) is 1. The highest BCUT2D eigenvalue weighted by atomic mass is 16.2. The molecule has 0 radical (unpaired) electrons. The lowest BCUT2D eigenvalue weighted by molar-refractivity contribution is -0.131. The number of aromatic nitrogens is 2. The summed E-state index contributed by atoms with van der Waals surface area (Å²) in [6, 6.07) is 8.34. The van der Waals surface area contributed by atoms with Crippen LogP contribution in [0, 0.1) is 0 Å². The van der Waals surface area contributed by atoms with Crippen LogP contribution in [-0.4, -0.2) is 58.9 Å². The summed E-state index contributed by atoms with van der Waals surface area (Å²) in [6.07, 6.45) is 4.50. The maximum absolute atomic E-state index is 12.5. The molecule has 170 valence electrons. The van der Waals surface area contributed by atoms with Crippen molar-refractivity contribution in [3.63, 3.8) is 0 Å². The van der Waals surface area contributed by atoms with E-state index in [9.17, 15) is 9.59 Å². The number of benzene rings is 1. The van der Waals surface area contributed by atoms with Gasteiger partial charge < -0.3 is 15.1 Å². The second kappa shape index (κ2) is 9.54. The van der Waals surface area contributed by atoms with Gasteiger partial charge in [0.15, 0.2) is 0 Å². The number of anilines is 4. The Morgan fingerprint density at radius 1 is 1.06 bits per heavy atom. The van der Waals surface area contributed by atoms with E-state index < -0.39 is 0 Å². The summed E-state index contributed by atoms with van der Waals surface area (Å²) in [6.45, 7) is 9.32. The Labute approximate surface area is 189 Å². The van der Waals surface area contributed by atoms with Crippen molar-refractivity contribution in [3.05, 3.63) is 36.0 Å². The van der Waals surface area contributed by atoms with E-state index in [0.29, 0.717) is 18.8 Å². The highest BCUT2D eigenvalue weighted by molar-refractivity contribution is 6.00. The lowest BCUT2D eigenvalue weighted by atomic mass is 10.1. The smallest absolute Gasteiger partial charge is 0.233 e. The standard InChI is InChI=1S/C24H32N6O2/c1-4-19(5-2)30-22(32)15-17-16-25-24(27-23(17)30)26-18-7-9-20(10-8-18)28-11-13-29(14-12-28)21(31)6-3/h7-10,16,19H,4-6,11-15H2,1-3H3,(H,25,26,27). The predicted octanol–water partition coefficient (Wildman–Crippen LogP) is 3.36. The molecular weight excluding hydrogens is 404 g/mol. The average molecular weight is 437 g/mol. The number of carbonyl (C=O) groups excluding carboxylic acids is 2. The van der Waals surface area contributed by atoms with E-state index in [2.05, 4.69) is 46.2 Å². The molecule has 2 aliphatic rings. The van der Waals surface area contributed by atoms with Gasteiger partial charge in [0.25, 0.3) is 0 Å². The van der Waals surface area contributed by atoms with Gasteiger partial charge in [-0.05, 0) is 37.1 Å². The first-order chi connectivity index (χ1) is 15.5. The number of hydrogen-bond acceptors (Lipinski definition) is 6. The van der Waals surface area contributed by atoms with Gasteiger partial charge in [0.2, 0.25) is 17.8 Å². The third-order valence-corrected chi connectivity index (χ3v) is 6.41. The SMILES string of the molecule is CCC(=O)N1CCN(c2ccc(Nc3ncc4c(n3)N(C(CC)CC)C(=O)C4)cc2)CC1. The molecule has 8 nitrogen and oxygen atoms in total. The summed E-state index contributed by atoms with van der Waals surface area (Å²) in [7, 11) is 0. The Kier molecular flexibility index (Phi) is 6.58. The average Bonchev–Trinajstić information content (AvgIpc) is 3.15. The third kappa shape index (κ3) is 4.40. The molecule has 8 heteroatoms. The van der Waals surface area contributed by atoms with Crippen molar-refractivity contribution in [2.24, 2.45) is 0 Å². The van der Waals surface area contributed by atoms with E-state index in [4.69, 9.17) is 0 Å². The van der Waals surface area contributed by atoms with Gasteiger partial charge in [-0.3, -0.25) is 14.5 Å². The van der Waals surface area contributed by atoms with E-state index >= 15 is 0 Å². The van der Waals surface area contributed by atoms with Crippen molar-refractivity contribution >= 4 is 35.0 Å². The molecule has 1 aromatic carbocycles. The van der Waals surface area contributed by atoms with Crippen LogP contribution in [-0.2, 0) is 16.0 Å². The minimum absolute atomic E-state index is 0.102. The molecule has 32 heavy (non-hydrogen) atoms. The number of rotatable bonds is 7. The van der Waals surface area contributed by atoms with Crippen LogP contribution < -0.4 is 15.1 Å². The van der Waals surface area contributed by atoms with Crippen LogP contribution in [0.2, 0.25) is 0 Å². The first-order valence-corrected chi connectivity index (χ1v) is 11.6. The van der Waals surface area contributed by atoms with Gasteiger partial charge in [-0.15, -0.1) is 0 Å². The van der Waals surface area contributed by atoms with Gasteiger partial charge >= 0.3 is 0 Å². The summed E-state index contributed by atoms with van der Waals surface area (Å²) >= 11 is 0. The monoisotopic (exact) mass is 436 g/mol. The van der Waals surface area contributed by atoms with E-state index in [1.54, 1.807) is 6.20 Å². The molecule has 4 rings (SSSR count). The van der Waals surface area contributed by atoms with Crippen LogP contribution in [0.5, 0.6) is 0 Å². The third-order valence-electron chi connectivity index (χ3n) is 6.41. The van der Waals surface area contributed by atoms with Crippen molar-refractivity contribution < 1.29 is 9.59 Å². The first-order valence-electron chi connectivity index (χ1n) is 11.6. The topological polar surface area (TPSA) is 81.7 Å². The van der Waals surface area contributed by atoms with Gasteiger partial charge in [0, 0.05) is 61.8 Å². The molecule has 0 bridgehead atoms. The lowest BCUT2D eigenvalue weighted by Gasteiger charge is -2.36. The molecule has 3 heterocycles. The Morgan fingerprint density at radius 3 is 2.38 bits per heavy atom. The van der Waals surface area contributed by atoms with E-state index in [1.807, 2.05) is 28.9 Å². The van der Waals surface area contributed by atoms with E-state index in [0.717, 1.165) is 61.8 Å². The normalized spacial score (nSPS) is 16.0. The van der Waals surface area contributed by atoms with Crippen molar-refractivity contribution in [2.45, 2.75) is 52.5 Å². The number of nitrogens with one attached hydrogen (secondary N) is 1. The van der Waals surface area contributed by atoms with Gasteiger partial charge in [-0.1, -0.05) is 20.8 Å². The number of nitrogens with zero attached hydrogens (tertiary/aromatic N) is 5. The van der Waals surface area contributed by atoms with E-state index in [-0.39, 0.29) is 17.9 Å². The Hall–Kier alpha value is -3.16. The van der Waals surface area contributed by atoms with Gasteiger partial charge in [0.05, 0.1) is 6.42 Å². The van der Waals surface area contributed by atoms with Crippen LogP contribution >= 0.6 is 0 Å². The van der Waals surface area contributed by atoms with Crippen LogP contribution in [0.1, 0.15) is 45.6 Å². The molecule has 0 spiro atoms. The Morgan fingerprint density at radius 2 is 1.75 bits per heavy atom. The molecule has 1 saturated heterocycles. The largest absolute Gasteiger partial charge is 0.368 e. The first kappa shape index (κ1) is 22.0. The molecular formula is C24H32N6O2. The molecule has 0 unspecified atom stereocenters. The quantitative estimate of drug-likeness (QED) is 0.717. The number of carbonyl (C=O) groups is 2. The highest BCUT2D eigenvalue weighted by Crippen LogP contribution is 2.31.